The van der Waals surface area contributed by atoms with E-state index in [1.165, 1.54) is 14.0 Å². The highest BCUT2D eigenvalue weighted by Crippen LogP contribution is 2.30. The first-order valence-corrected chi connectivity index (χ1v) is 10.8. The highest BCUT2D eigenvalue weighted by molar-refractivity contribution is 4.94. The molecule has 0 aromatic heterocycles. The molecule has 0 unspecified atom stereocenters. The zero-order valence-electron chi connectivity index (χ0n) is 18.5. The van der Waals surface area contributed by atoms with Crippen LogP contribution in [-0.2, 0) is 28.4 Å². The Morgan fingerprint density at radius 3 is 1.79 bits per heavy atom. The molecule has 3 heterocycles. The Labute approximate surface area is 194 Å². The van der Waals surface area contributed by atoms with Gasteiger partial charge in [-0.3, -0.25) is 0 Å². The lowest BCUT2D eigenvalue weighted by Gasteiger charge is -2.46. The van der Waals surface area contributed by atoms with E-state index >= 15 is 0 Å². The fraction of sp³-hybridized carbons (Fsp3) is 1.00. The van der Waals surface area contributed by atoms with Crippen molar-refractivity contribution in [3.05, 3.63) is 0 Å². The summed E-state index contributed by atoms with van der Waals surface area (Å²) in [6.07, 6.45) is -21.9. The van der Waals surface area contributed by atoms with Crippen molar-refractivity contribution in [2.24, 2.45) is 0 Å². The summed E-state index contributed by atoms with van der Waals surface area (Å²) in [4.78, 5) is 0. The molecule has 0 bridgehead atoms. The van der Waals surface area contributed by atoms with Gasteiger partial charge in [-0.15, -0.1) is 0 Å². The third-order valence-corrected chi connectivity index (χ3v) is 6.25. The second-order valence-corrected chi connectivity index (χ2v) is 8.57. The zero-order chi connectivity index (χ0) is 25.3. The molecule has 3 saturated heterocycles. The van der Waals surface area contributed by atoms with Crippen LogP contribution < -0.4 is 0 Å². The molecule has 3 aliphatic rings. The molecule has 3 fully saturated rings. The van der Waals surface area contributed by atoms with Crippen LogP contribution >= 0.6 is 0 Å². The van der Waals surface area contributed by atoms with Gasteiger partial charge in [0.05, 0.1) is 19.3 Å². The van der Waals surface area contributed by atoms with E-state index in [4.69, 9.17) is 28.4 Å². The van der Waals surface area contributed by atoms with Crippen molar-refractivity contribution in [3.8, 4) is 0 Å². The van der Waals surface area contributed by atoms with Crippen LogP contribution in [0, 0.1) is 0 Å². The highest BCUT2D eigenvalue weighted by atomic mass is 16.8. The SMILES string of the molecule is CO[C@H]1O[C@H](CO[C@@H]2O[C@H](C)[C@H](O)[C@H](O)[C@@H]2O)[C@@H](O)[C@@H](O)[C@H]1O[C@@H]1O[C@@H](CO)[C@@H](O)[C@@H](O)[C@@H]1O. The minimum atomic E-state index is -1.76. The van der Waals surface area contributed by atoms with Crippen molar-refractivity contribution in [2.75, 3.05) is 20.3 Å². The largest absolute Gasteiger partial charge is 0.394 e. The van der Waals surface area contributed by atoms with E-state index < -0.39 is 105 Å². The summed E-state index contributed by atoms with van der Waals surface area (Å²) < 4.78 is 32.2. The van der Waals surface area contributed by atoms with Gasteiger partial charge in [0.25, 0.3) is 0 Å². The van der Waals surface area contributed by atoms with Crippen molar-refractivity contribution < 1.29 is 74.4 Å². The van der Waals surface area contributed by atoms with Crippen molar-refractivity contribution in [3.63, 3.8) is 0 Å². The number of ether oxygens (including phenoxy) is 6. The Bertz CT molecular complexity index is 637. The lowest BCUT2D eigenvalue weighted by atomic mass is 9.97. The average molecular weight is 502 g/mol. The van der Waals surface area contributed by atoms with Crippen molar-refractivity contribution in [1.29, 1.82) is 0 Å². The van der Waals surface area contributed by atoms with Crippen LogP contribution in [0.25, 0.3) is 0 Å². The van der Waals surface area contributed by atoms with Crippen LogP contribution in [-0.4, -0.2) is 158 Å². The molecular weight excluding hydrogens is 468 g/mol. The van der Waals surface area contributed by atoms with Gasteiger partial charge >= 0.3 is 0 Å². The van der Waals surface area contributed by atoms with E-state index in [2.05, 4.69) is 0 Å². The fourth-order valence-corrected chi connectivity index (χ4v) is 4.05. The van der Waals surface area contributed by atoms with Crippen molar-refractivity contribution in [2.45, 2.75) is 99.0 Å². The minimum absolute atomic E-state index is 0.428. The molecule has 15 atom stereocenters. The lowest BCUT2D eigenvalue weighted by molar-refractivity contribution is -0.369. The molecule has 0 saturated carbocycles. The summed E-state index contributed by atoms with van der Waals surface area (Å²) in [6, 6.07) is 0. The Kier molecular flexibility index (Phi) is 9.57. The van der Waals surface area contributed by atoms with E-state index in [1.807, 2.05) is 0 Å². The molecular formula is C19H34O15. The van der Waals surface area contributed by atoms with Crippen molar-refractivity contribution in [1.82, 2.24) is 0 Å². The molecule has 0 amide bonds. The van der Waals surface area contributed by atoms with Crippen molar-refractivity contribution >= 4 is 0 Å². The van der Waals surface area contributed by atoms with Crippen LogP contribution in [0.2, 0.25) is 0 Å². The summed E-state index contributed by atoms with van der Waals surface area (Å²) in [5.41, 5.74) is 0. The van der Waals surface area contributed by atoms with Gasteiger partial charge < -0.3 is 74.4 Å². The Morgan fingerprint density at radius 1 is 0.618 bits per heavy atom. The van der Waals surface area contributed by atoms with Gasteiger partial charge in [0.1, 0.15) is 67.1 Å². The second-order valence-electron chi connectivity index (χ2n) is 8.57. The molecule has 0 spiro atoms. The van der Waals surface area contributed by atoms with E-state index in [0.29, 0.717) is 0 Å². The van der Waals surface area contributed by atoms with Gasteiger partial charge in [0.15, 0.2) is 18.9 Å². The van der Waals surface area contributed by atoms with E-state index in [1.54, 1.807) is 0 Å². The van der Waals surface area contributed by atoms with Gasteiger partial charge in [-0.25, -0.2) is 0 Å². The topological polar surface area (TPSA) is 237 Å². The quantitative estimate of drug-likeness (QED) is 0.157. The average Bonchev–Trinajstić information content (AvgIpc) is 2.83. The summed E-state index contributed by atoms with van der Waals surface area (Å²) in [7, 11) is 1.21. The Hall–Kier alpha value is -0.600. The standard InChI is InChI=1S/C19H34O15/c1-5-8(21)11(24)14(27)17(31-5)30-4-7-10(23)13(26)16(19(29-2)33-7)34-18-15(28)12(25)9(22)6(3-20)32-18/h5-28H,3-4H2,1-2H3/t5-,6+,7-,8+,9-,10-,11+,12-,13-,14+,15+,16-,17-,18+,19+/m1/s1. The third-order valence-electron chi connectivity index (χ3n) is 6.25. The second kappa shape index (κ2) is 11.6. The number of aliphatic hydroxyl groups is 9. The molecule has 0 radical (unpaired) electrons. The van der Waals surface area contributed by atoms with E-state index in [9.17, 15) is 46.0 Å². The lowest BCUT2D eigenvalue weighted by Crippen LogP contribution is -2.65. The molecule has 0 aromatic rings. The molecule has 34 heavy (non-hydrogen) atoms. The Balaban J connectivity index is 1.63. The molecule has 0 aromatic carbocycles. The number of methoxy groups -OCH3 is 1. The first kappa shape index (κ1) is 28.0. The summed E-state index contributed by atoms with van der Waals surface area (Å²) in [5, 5.41) is 90.1. The minimum Gasteiger partial charge on any atom is -0.394 e. The molecule has 200 valence electrons. The predicted octanol–water partition coefficient (Wildman–Crippen LogP) is -5.89. The monoisotopic (exact) mass is 502 g/mol. The molecule has 3 aliphatic heterocycles. The smallest absolute Gasteiger partial charge is 0.187 e. The van der Waals surface area contributed by atoms with Gasteiger partial charge in [0.2, 0.25) is 0 Å². The summed E-state index contributed by atoms with van der Waals surface area (Å²) in [6.45, 7) is 0.347. The van der Waals surface area contributed by atoms with Crippen LogP contribution in [0.5, 0.6) is 0 Å². The Morgan fingerprint density at radius 2 is 1.18 bits per heavy atom. The molecule has 15 nitrogen and oxygen atoms in total. The summed E-state index contributed by atoms with van der Waals surface area (Å²) >= 11 is 0. The normalized spacial score (nSPS) is 52.5. The molecule has 9 N–H and O–H groups in total. The maximum atomic E-state index is 10.6. The predicted molar refractivity (Wildman–Crippen MR) is 105 cm³/mol. The van der Waals surface area contributed by atoms with Crippen LogP contribution in [0.1, 0.15) is 6.92 Å². The number of hydrogen-bond donors (Lipinski definition) is 9. The maximum absolute atomic E-state index is 10.6. The highest BCUT2D eigenvalue weighted by Gasteiger charge is 2.51. The van der Waals surface area contributed by atoms with E-state index in [-0.39, 0.29) is 0 Å². The van der Waals surface area contributed by atoms with Gasteiger partial charge in [-0.2, -0.15) is 0 Å². The molecule has 15 heteroatoms. The van der Waals surface area contributed by atoms with Gasteiger partial charge in [0, 0.05) is 7.11 Å². The van der Waals surface area contributed by atoms with Crippen LogP contribution in [0.15, 0.2) is 0 Å². The third kappa shape index (κ3) is 5.54. The first-order valence-electron chi connectivity index (χ1n) is 10.8. The number of aliphatic hydroxyl groups excluding tert-OH is 9. The van der Waals surface area contributed by atoms with E-state index in [0.717, 1.165) is 0 Å². The fourth-order valence-electron chi connectivity index (χ4n) is 4.05. The number of hydrogen-bond acceptors (Lipinski definition) is 15. The number of rotatable bonds is 7. The molecule has 3 rings (SSSR count). The molecule has 0 aliphatic carbocycles. The summed E-state index contributed by atoms with van der Waals surface area (Å²) in [5.74, 6) is 0. The zero-order valence-corrected chi connectivity index (χ0v) is 18.5. The van der Waals surface area contributed by atoms with Crippen LogP contribution in [0.4, 0.5) is 0 Å². The first-order chi connectivity index (χ1) is 16.0. The van der Waals surface area contributed by atoms with Crippen LogP contribution in [0.3, 0.4) is 0 Å². The van der Waals surface area contributed by atoms with Gasteiger partial charge in [-0.05, 0) is 6.92 Å². The maximum Gasteiger partial charge on any atom is 0.187 e. The van der Waals surface area contributed by atoms with Gasteiger partial charge in [-0.1, -0.05) is 0 Å².